The van der Waals surface area contributed by atoms with Crippen LogP contribution >= 0.6 is 11.3 Å². The molecule has 1 saturated carbocycles. The summed E-state index contributed by atoms with van der Waals surface area (Å²) in [6.07, 6.45) is 3.90. The van der Waals surface area contributed by atoms with Gasteiger partial charge < -0.3 is 19.2 Å². The first-order chi connectivity index (χ1) is 13.2. The van der Waals surface area contributed by atoms with Crippen molar-refractivity contribution in [2.24, 2.45) is 5.92 Å². The van der Waals surface area contributed by atoms with E-state index in [9.17, 15) is 9.59 Å². The molecule has 140 valence electrons. The van der Waals surface area contributed by atoms with Crippen molar-refractivity contribution >= 4 is 23.2 Å². The van der Waals surface area contributed by atoms with Crippen LogP contribution in [0.5, 0.6) is 0 Å². The molecule has 0 saturated heterocycles. The van der Waals surface area contributed by atoms with Crippen molar-refractivity contribution < 1.29 is 18.5 Å². The lowest BCUT2D eigenvalue weighted by atomic mass is 10.3. The van der Waals surface area contributed by atoms with Crippen LogP contribution in [0.25, 0.3) is 0 Å². The number of nitrogens with one attached hydrogen (secondary N) is 1. The van der Waals surface area contributed by atoms with E-state index in [-0.39, 0.29) is 24.1 Å². The zero-order valence-electron chi connectivity index (χ0n) is 14.6. The van der Waals surface area contributed by atoms with E-state index in [0.717, 1.165) is 12.8 Å². The largest absolute Gasteiger partial charge is 0.467 e. The summed E-state index contributed by atoms with van der Waals surface area (Å²) in [6, 6.07) is 8.78. The molecule has 7 nitrogen and oxygen atoms in total. The highest BCUT2D eigenvalue weighted by Crippen LogP contribution is 2.27. The zero-order valence-corrected chi connectivity index (χ0v) is 15.4. The third-order valence-electron chi connectivity index (χ3n) is 4.33. The van der Waals surface area contributed by atoms with Crippen LogP contribution in [0, 0.1) is 5.92 Å². The molecule has 3 heterocycles. The molecule has 1 fully saturated rings. The van der Waals surface area contributed by atoms with Crippen molar-refractivity contribution in [2.45, 2.75) is 25.9 Å². The van der Waals surface area contributed by atoms with Crippen LogP contribution in [0.3, 0.4) is 0 Å². The molecule has 0 radical (unpaired) electrons. The number of aromatic nitrogens is 1. The molecule has 3 aromatic rings. The van der Waals surface area contributed by atoms with E-state index in [1.807, 2.05) is 17.5 Å². The smallest absolute Gasteiger partial charge is 0.273 e. The van der Waals surface area contributed by atoms with Gasteiger partial charge in [-0.3, -0.25) is 9.59 Å². The lowest BCUT2D eigenvalue weighted by molar-refractivity contribution is 0.0705. The van der Waals surface area contributed by atoms with E-state index in [2.05, 4.69) is 10.5 Å². The molecule has 0 aliphatic heterocycles. The summed E-state index contributed by atoms with van der Waals surface area (Å²) in [6.45, 7) is 1.16. The molecule has 27 heavy (non-hydrogen) atoms. The first-order valence-electron chi connectivity index (χ1n) is 8.78. The number of carbonyl (C=O) groups is 2. The van der Waals surface area contributed by atoms with E-state index < -0.39 is 0 Å². The molecule has 8 heteroatoms. The van der Waals surface area contributed by atoms with Gasteiger partial charge in [0.1, 0.15) is 5.76 Å². The Morgan fingerprint density at radius 1 is 1.22 bits per heavy atom. The van der Waals surface area contributed by atoms with Gasteiger partial charge in [-0.15, -0.1) is 11.3 Å². The molecule has 0 spiro atoms. The Kier molecular flexibility index (Phi) is 5.06. The standard InChI is InChI=1S/C19H19N3O4S/c23-18(20-10-13-5-6-13)16-9-15(26-21-16)12-22(11-14-3-1-7-25-14)19(24)17-4-2-8-27-17/h1-4,7-9,13H,5-6,10-12H2,(H,20,23). The maximum Gasteiger partial charge on any atom is 0.273 e. The number of furan rings is 1. The molecule has 0 bridgehead atoms. The van der Waals surface area contributed by atoms with Crippen molar-refractivity contribution in [3.05, 3.63) is 64.1 Å². The molecule has 1 N–H and O–H groups in total. The van der Waals surface area contributed by atoms with Crippen LogP contribution in [0.1, 0.15) is 44.5 Å². The van der Waals surface area contributed by atoms with Crippen LogP contribution in [0.2, 0.25) is 0 Å². The number of hydrogen-bond acceptors (Lipinski definition) is 6. The first kappa shape index (κ1) is 17.5. The fraction of sp³-hybridized carbons (Fsp3) is 0.316. The van der Waals surface area contributed by atoms with Gasteiger partial charge in [-0.2, -0.15) is 0 Å². The van der Waals surface area contributed by atoms with E-state index in [4.69, 9.17) is 8.94 Å². The van der Waals surface area contributed by atoms with Crippen molar-refractivity contribution in [3.8, 4) is 0 Å². The van der Waals surface area contributed by atoms with Crippen LogP contribution in [-0.2, 0) is 13.1 Å². The summed E-state index contributed by atoms with van der Waals surface area (Å²) in [5.41, 5.74) is 0.229. The summed E-state index contributed by atoms with van der Waals surface area (Å²) in [4.78, 5) is 27.2. The molecular weight excluding hydrogens is 366 g/mol. The predicted octanol–water partition coefficient (Wildman–Crippen LogP) is 3.31. The molecular formula is C19H19N3O4S. The third kappa shape index (κ3) is 4.46. The van der Waals surface area contributed by atoms with E-state index in [0.29, 0.717) is 35.4 Å². The predicted molar refractivity (Wildman–Crippen MR) is 98.2 cm³/mol. The van der Waals surface area contributed by atoms with Crippen molar-refractivity contribution in [1.29, 1.82) is 0 Å². The third-order valence-corrected chi connectivity index (χ3v) is 5.19. The van der Waals surface area contributed by atoms with Gasteiger partial charge >= 0.3 is 0 Å². The molecule has 2 amide bonds. The maximum atomic E-state index is 12.8. The number of rotatable bonds is 8. The van der Waals surface area contributed by atoms with Gasteiger partial charge in [-0.05, 0) is 42.3 Å². The van der Waals surface area contributed by atoms with Gasteiger partial charge in [0, 0.05) is 12.6 Å². The van der Waals surface area contributed by atoms with Crippen LogP contribution < -0.4 is 5.32 Å². The topological polar surface area (TPSA) is 88.6 Å². The SMILES string of the molecule is O=C(NCC1CC1)c1cc(CN(Cc2ccco2)C(=O)c2cccs2)on1. The average Bonchev–Trinajstić information content (AvgIpc) is 3.13. The van der Waals surface area contributed by atoms with Gasteiger partial charge in [0.15, 0.2) is 11.5 Å². The van der Waals surface area contributed by atoms with E-state index in [1.54, 1.807) is 29.4 Å². The number of thiophene rings is 1. The Bertz CT molecular complexity index is 897. The Hall–Kier alpha value is -2.87. The summed E-state index contributed by atoms with van der Waals surface area (Å²) in [7, 11) is 0. The van der Waals surface area contributed by atoms with Gasteiger partial charge in [0.25, 0.3) is 11.8 Å². The second kappa shape index (κ2) is 7.79. The lowest BCUT2D eigenvalue weighted by Gasteiger charge is -2.19. The molecule has 0 aromatic carbocycles. The molecule has 1 aliphatic carbocycles. The van der Waals surface area contributed by atoms with Crippen molar-refractivity contribution in [1.82, 2.24) is 15.4 Å². The Morgan fingerprint density at radius 2 is 2.07 bits per heavy atom. The minimum atomic E-state index is -0.251. The first-order valence-corrected chi connectivity index (χ1v) is 9.66. The Balaban J connectivity index is 1.45. The molecule has 0 atom stereocenters. The number of nitrogens with zero attached hydrogens (tertiary/aromatic N) is 2. The van der Waals surface area contributed by atoms with Crippen molar-refractivity contribution in [3.63, 3.8) is 0 Å². The van der Waals surface area contributed by atoms with Gasteiger partial charge in [0.05, 0.1) is 24.2 Å². The summed E-state index contributed by atoms with van der Waals surface area (Å²) >= 11 is 1.38. The highest BCUT2D eigenvalue weighted by Gasteiger charge is 2.24. The van der Waals surface area contributed by atoms with Gasteiger partial charge in [0.2, 0.25) is 0 Å². The quantitative estimate of drug-likeness (QED) is 0.643. The number of carbonyl (C=O) groups excluding carboxylic acids is 2. The van der Waals surface area contributed by atoms with Gasteiger partial charge in [-0.1, -0.05) is 11.2 Å². The molecule has 1 aliphatic rings. The fourth-order valence-corrected chi connectivity index (χ4v) is 3.37. The number of hydrogen-bond donors (Lipinski definition) is 1. The summed E-state index contributed by atoms with van der Waals surface area (Å²) in [5, 5.41) is 8.55. The van der Waals surface area contributed by atoms with E-state index >= 15 is 0 Å². The highest BCUT2D eigenvalue weighted by atomic mass is 32.1. The fourth-order valence-electron chi connectivity index (χ4n) is 2.68. The van der Waals surface area contributed by atoms with Crippen LogP contribution in [-0.4, -0.2) is 28.4 Å². The van der Waals surface area contributed by atoms with Crippen LogP contribution in [0.15, 0.2) is 50.9 Å². The van der Waals surface area contributed by atoms with E-state index in [1.165, 1.54) is 11.3 Å². The molecule has 0 unspecified atom stereocenters. The normalized spacial score (nSPS) is 13.5. The summed E-state index contributed by atoms with van der Waals surface area (Å²) < 4.78 is 10.7. The Morgan fingerprint density at radius 3 is 2.78 bits per heavy atom. The second-order valence-electron chi connectivity index (χ2n) is 6.55. The second-order valence-corrected chi connectivity index (χ2v) is 7.50. The highest BCUT2D eigenvalue weighted by molar-refractivity contribution is 7.12. The minimum absolute atomic E-state index is 0.127. The molecule has 4 rings (SSSR count). The molecule has 3 aromatic heterocycles. The van der Waals surface area contributed by atoms with Crippen molar-refractivity contribution in [2.75, 3.05) is 6.54 Å². The lowest BCUT2D eigenvalue weighted by Crippen LogP contribution is -2.29. The monoisotopic (exact) mass is 385 g/mol. The Labute approximate surface area is 159 Å². The van der Waals surface area contributed by atoms with Crippen LogP contribution in [0.4, 0.5) is 0 Å². The zero-order chi connectivity index (χ0) is 18.6. The average molecular weight is 385 g/mol. The maximum absolute atomic E-state index is 12.8. The summed E-state index contributed by atoms with van der Waals surface area (Å²) in [5.74, 6) is 1.33. The van der Waals surface area contributed by atoms with Gasteiger partial charge in [-0.25, -0.2) is 0 Å². The minimum Gasteiger partial charge on any atom is -0.467 e. The number of amides is 2.